The maximum atomic E-state index is 9.24. The van der Waals surface area contributed by atoms with Crippen molar-refractivity contribution in [1.82, 2.24) is 0 Å². The quantitative estimate of drug-likeness (QED) is 0.305. The minimum atomic E-state index is -1.26. The van der Waals surface area contributed by atoms with Crippen LogP contribution in [0.5, 0.6) is 0 Å². The van der Waals surface area contributed by atoms with Gasteiger partial charge in [0.2, 0.25) is 0 Å². The monoisotopic (exact) mass is 196 g/mol. The Balaban J connectivity index is 2.63. The molecule has 4 N–H and O–H groups in total. The molecule has 0 bridgehead atoms. The first-order valence-corrected chi connectivity index (χ1v) is 4.08. The number of rotatable bonds is 1. The third-order valence-electron chi connectivity index (χ3n) is 1.87. The standard InChI is InChI=1S/C6H12O5S/c7-1-2-3(8)4(9)5(12)6(10)11-2/h2-10,12H,1H2/t2-,3-,4+,5-,6?/m1/s1. The molecule has 0 amide bonds. The van der Waals surface area contributed by atoms with Crippen LogP contribution in [0.4, 0.5) is 0 Å². The van der Waals surface area contributed by atoms with Crippen LogP contribution in [-0.4, -0.2) is 56.9 Å². The normalized spacial score (nSPS) is 49.2. The van der Waals surface area contributed by atoms with E-state index in [1.165, 1.54) is 0 Å². The van der Waals surface area contributed by atoms with Crippen LogP contribution < -0.4 is 0 Å². The van der Waals surface area contributed by atoms with Crippen LogP contribution in [0.25, 0.3) is 0 Å². The zero-order valence-electron chi connectivity index (χ0n) is 6.24. The van der Waals surface area contributed by atoms with E-state index in [1.807, 2.05) is 0 Å². The molecule has 0 aromatic rings. The molecule has 12 heavy (non-hydrogen) atoms. The summed E-state index contributed by atoms with van der Waals surface area (Å²) in [7, 11) is 0. The molecule has 1 unspecified atom stereocenters. The molecule has 1 saturated heterocycles. The number of thiol groups is 1. The maximum absolute atomic E-state index is 9.24. The fourth-order valence-electron chi connectivity index (χ4n) is 1.08. The number of hydrogen-bond acceptors (Lipinski definition) is 6. The molecule has 5 atom stereocenters. The van der Waals surface area contributed by atoms with Gasteiger partial charge in [0, 0.05) is 0 Å². The molecular formula is C6H12O5S. The zero-order valence-corrected chi connectivity index (χ0v) is 7.13. The Labute approximate surface area is 75.0 Å². The van der Waals surface area contributed by atoms with Gasteiger partial charge in [0.1, 0.15) is 12.2 Å². The van der Waals surface area contributed by atoms with Gasteiger partial charge in [0.05, 0.1) is 18.0 Å². The van der Waals surface area contributed by atoms with Crippen LogP contribution in [0, 0.1) is 0 Å². The summed E-state index contributed by atoms with van der Waals surface area (Å²) < 4.78 is 4.75. The van der Waals surface area contributed by atoms with Crippen molar-refractivity contribution in [3.05, 3.63) is 0 Å². The van der Waals surface area contributed by atoms with Gasteiger partial charge >= 0.3 is 0 Å². The van der Waals surface area contributed by atoms with Crippen molar-refractivity contribution in [3.63, 3.8) is 0 Å². The lowest BCUT2D eigenvalue weighted by molar-refractivity contribution is -0.234. The first-order chi connectivity index (χ1) is 5.57. The molecule has 72 valence electrons. The van der Waals surface area contributed by atoms with Gasteiger partial charge in [-0.25, -0.2) is 0 Å². The van der Waals surface area contributed by atoms with Gasteiger partial charge in [-0.2, -0.15) is 12.6 Å². The summed E-state index contributed by atoms with van der Waals surface area (Å²) in [5.41, 5.74) is 0. The molecule has 1 rings (SSSR count). The second-order valence-corrected chi connectivity index (χ2v) is 3.32. The highest BCUT2D eigenvalue weighted by atomic mass is 32.1. The van der Waals surface area contributed by atoms with Crippen LogP contribution in [0.3, 0.4) is 0 Å². The lowest BCUT2D eigenvalue weighted by atomic mass is 10.0. The average molecular weight is 196 g/mol. The topological polar surface area (TPSA) is 90.2 Å². The van der Waals surface area contributed by atoms with E-state index in [4.69, 9.17) is 14.9 Å². The minimum absolute atomic E-state index is 0.449. The highest BCUT2D eigenvalue weighted by Crippen LogP contribution is 2.22. The van der Waals surface area contributed by atoms with Gasteiger partial charge < -0.3 is 25.2 Å². The Bertz CT molecular complexity index is 150. The van der Waals surface area contributed by atoms with Gasteiger partial charge in [-0.1, -0.05) is 0 Å². The largest absolute Gasteiger partial charge is 0.394 e. The number of hydrogen-bond donors (Lipinski definition) is 5. The van der Waals surface area contributed by atoms with E-state index >= 15 is 0 Å². The Hall–Kier alpha value is 0.150. The average Bonchev–Trinajstić information content (AvgIpc) is 2.08. The smallest absolute Gasteiger partial charge is 0.169 e. The van der Waals surface area contributed by atoms with Crippen LogP contribution in [0.15, 0.2) is 0 Å². The van der Waals surface area contributed by atoms with Crippen molar-refractivity contribution in [2.45, 2.75) is 29.9 Å². The van der Waals surface area contributed by atoms with Crippen LogP contribution >= 0.6 is 12.6 Å². The van der Waals surface area contributed by atoms with Gasteiger partial charge in [-0.15, -0.1) is 0 Å². The highest BCUT2D eigenvalue weighted by Gasteiger charge is 2.41. The third-order valence-corrected chi connectivity index (χ3v) is 2.43. The number of ether oxygens (including phenoxy) is 1. The van der Waals surface area contributed by atoms with E-state index < -0.39 is 36.5 Å². The SMILES string of the molecule is OC[C@H]1OC(O)[C@H](S)[C@@H](O)[C@@H]1O. The van der Waals surface area contributed by atoms with Crippen LogP contribution in [-0.2, 0) is 4.74 Å². The maximum Gasteiger partial charge on any atom is 0.169 e. The van der Waals surface area contributed by atoms with Crippen molar-refractivity contribution < 1.29 is 25.2 Å². The number of aliphatic hydroxyl groups excluding tert-OH is 4. The molecule has 6 heteroatoms. The van der Waals surface area contributed by atoms with Crippen molar-refractivity contribution in [2.75, 3.05) is 6.61 Å². The van der Waals surface area contributed by atoms with Crippen molar-refractivity contribution >= 4 is 12.6 Å². The molecule has 0 radical (unpaired) electrons. The van der Waals surface area contributed by atoms with Crippen molar-refractivity contribution in [1.29, 1.82) is 0 Å². The molecule has 0 spiro atoms. The zero-order chi connectivity index (χ0) is 9.30. The minimum Gasteiger partial charge on any atom is -0.394 e. The molecule has 0 aliphatic carbocycles. The van der Waals surface area contributed by atoms with Crippen LogP contribution in [0.2, 0.25) is 0 Å². The Morgan fingerprint density at radius 1 is 1.17 bits per heavy atom. The lowest BCUT2D eigenvalue weighted by Gasteiger charge is -2.37. The van der Waals surface area contributed by atoms with E-state index in [0.717, 1.165) is 0 Å². The summed E-state index contributed by atoms with van der Waals surface area (Å²) in [6.45, 7) is -0.449. The molecule has 0 aromatic heterocycles. The third kappa shape index (κ3) is 1.73. The molecule has 0 saturated carbocycles. The van der Waals surface area contributed by atoms with E-state index in [1.54, 1.807) is 0 Å². The van der Waals surface area contributed by atoms with Crippen LogP contribution in [0.1, 0.15) is 0 Å². The summed E-state index contributed by atoms with van der Waals surface area (Å²) in [6.07, 6.45) is -4.60. The summed E-state index contributed by atoms with van der Waals surface area (Å²) in [5.74, 6) is 0. The van der Waals surface area contributed by atoms with E-state index in [-0.39, 0.29) is 0 Å². The fourth-order valence-corrected chi connectivity index (χ4v) is 1.33. The highest BCUT2D eigenvalue weighted by molar-refractivity contribution is 7.81. The molecule has 1 heterocycles. The summed E-state index contributed by atoms with van der Waals surface area (Å²) >= 11 is 3.82. The molecule has 1 aliphatic heterocycles. The molecule has 1 aliphatic rings. The van der Waals surface area contributed by atoms with Gasteiger partial charge in [0.15, 0.2) is 6.29 Å². The summed E-state index contributed by atoms with van der Waals surface area (Å²) in [6, 6.07) is 0. The van der Waals surface area contributed by atoms with E-state index in [0.29, 0.717) is 0 Å². The first-order valence-electron chi connectivity index (χ1n) is 3.56. The summed E-state index contributed by atoms with van der Waals surface area (Å²) in [5, 5.41) is 35.4. The molecule has 5 nitrogen and oxygen atoms in total. The Morgan fingerprint density at radius 3 is 2.25 bits per heavy atom. The van der Waals surface area contributed by atoms with E-state index in [2.05, 4.69) is 12.6 Å². The second kappa shape index (κ2) is 3.91. The molecular weight excluding hydrogens is 184 g/mol. The second-order valence-electron chi connectivity index (χ2n) is 2.72. The molecule has 0 aromatic carbocycles. The lowest BCUT2D eigenvalue weighted by Crippen LogP contribution is -2.56. The van der Waals surface area contributed by atoms with Gasteiger partial charge in [-0.3, -0.25) is 0 Å². The van der Waals surface area contributed by atoms with Gasteiger partial charge in [0.25, 0.3) is 0 Å². The first kappa shape index (κ1) is 10.2. The van der Waals surface area contributed by atoms with Gasteiger partial charge in [-0.05, 0) is 0 Å². The predicted octanol–water partition coefficient (Wildman–Crippen LogP) is -2.28. The summed E-state index contributed by atoms with van der Waals surface area (Å²) in [4.78, 5) is 0. The van der Waals surface area contributed by atoms with Crippen molar-refractivity contribution in [3.8, 4) is 0 Å². The van der Waals surface area contributed by atoms with E-state index in [9.17, 15) is 10.2 Å². The Morgan fingerprint density at radius 2 is 1.75 bits per heavy atom. The number of aliphatic hydroxyl groups is 4. The van der Waals surface area contributed by atoms with Crippen molar-refractivity contribution in [2.24, 2.45) is 0 Å². The fraction of sp³-hybridized carbons (Fsp3) is 1.00. The predicted molar refractivity (Wildman–Crippen MR) is 42.8 cm³/mol. The Kier molecular flexibility index (Phi) is 3.33. The molecule has 1 fully saturated rings.